The first kappa shape index (κ1) is 11.7. The van der Waals surface area contributed by atoms with Crippen molar-refractivity contribution in [1.82, 2.24) is 4.57 Å². The molecular formula is C12H12F3N2+. The third-order valence-corrected chi connectivity index (χ3v) is 2.66. The maximum absolute atomic E-state index is 12.8. The summed E-state index contributed by atoms with van der Waals surface area (Å²) < 4.78 is 40.3. The minimum absolute atomic E-state index is 0.135. The van der Waals surface area contributed by atoms with Gasteiger partial charge in [0.2, 0.25) is 0 Å². The Balaban J connectivity index is 2.68. The van der Waals surface area contributed by atoms with Crippen LogP contribution in [0.2, 0.25) is 0 Å². The smallest absolute Gasteiger partial charge is 0.232 e. The first-order valence-corrected chi connectivity index (χ1v) is 5.11. The van der Waals surface area contributed by atoms with Crippen LogP contribution in [-0.2, 0) is 13.3 Å². The van der Waals surface area contributed by atoms with Crippen molar-refractivity contribution < 1.29 is 17.7 Å². The highest BCUT2D eigenvalue weighted by Gasteiger charge is 2.41. The Morgan fingerprint density at radius 3 is 2.41 bits per heavy atom. The molecule has 0 bridgehead atoms. The maximum Gasteiger partial charge on any atom is 0.567 e. The lowest BCUT2D eigenvalue weighted by molar-refractivity contribution is -0.660. The van der Waals surface area contributed by atoms with Gasteiger partial charge in [0.15, 0.2) is 0 Å². The first-order chi connectivity index (χ1) is 7.91. The van der Waals surface area contributed by atoms with Gasteiger partial charge in [-0.1, -0.05) is 18.2 Å². The lowest BCUT2D eigenvalue weighted by atomic mass is 10.1. The van der Waals surface area contributed by atoms with Crippen LogP contribution in [0, 0.1) is 6.92 Å². The highest BCUT2D eigenvalue weighted by Crippen LogP contribution is 2.29. The van der Waals surface area contributed by atoms with Crippen molar-refractivity contribution in [3.05, 3.63) is 42.2 Å². The average Bonchev–Trinajstić information content (AvgIpc) is 2.60. The molecule has 0 aliphatic heterocycles. The molecule has 2 rings (SSSR count). The second-order valence-corrected chi connectivity index (χ2v) is 3.89. The second kappa shape index (κ2) is 3.91. The van der Waals surface area contributed by atoms with E-state index in [1.165, 1.54) is 10.8 Å². The zero-order chi connectivity index (χ0) is 12.6. The average molecular weight is 241 g/mol. The fraction of sp³-hybridized carbons (Fsp3) is 0.250. The van der Waals surface area contributed by atoms with Gasteiger partial charge in [-0.05, 0) is 18.6 Å². The maximum atomic E-state index is 12.8. The molecule has 2 aromatic rings. The second-order valence-electron chi connectivity index (χ2n) is 3.89. The Hall–Kier alpha value is -1.78. The van der Waals surface area contributed by atoms with Gasteiger partial charge in [0.05, 0.1) is 12.6 Å². The van der Waals surface area contributed by atoms with Crippen LogP contribution in [0.4, 0.5) is 13.2 Å². The van der Waals surface area contributed by atoms with Crippen LogP contribution in [0.5, 0.6) is 0 Å². The van der Waals surface area contributed by atoms with Gasteiger partial charge in [-0.25, -0.2) is 4.57 Å². The molecule has 0 aliphatic rings. The molecule has 90 valence electrons. The predicted octanol–water partition coefficient (Wildman–Crippen LogP) is 2.76. The Labute approximate surface area is 96.9 Å². The van der Waals surface area contributed by atoms with E-state index in [4.69, 9.17) is 0 Å². The molecule has 2 nitrogen and oxygen atoms in total. The number of hydrogen-bond acceptors (Lipinski definition) is 0. The third-order valence-electron chi connectivity index (χ3n) is 2.66. The number of benzene rings is 1. The van der Waals surface area contributed by atoms with Gasteiger partial charge in [-0.15, -0.1) is 17.7 Å². The van der Waals surface area contributed by atoms with Crippen LogP contribution in [0.15, 0.2) is 36.7 Å². The molecule has 0 unspecified atom stereocenters. The minimum atomic E-state index is -4.40. The molecule has 1 aromatic heterocycles. The largest absolute Gasteiger partial charge is 0.567 e. The Kier molecular flexibility index (Phi) is 2.69. The molecule has 0 saturated carbocycles. The highest BCUT2D eigenvalue weighted by atomic mass is 19.4. The normalized spacial score (nSPS) is 11.8. The van der Waals surface area contributed by atoms with Crippen LogP contribution in [-0.4, -0.2) is 4.57 Å². The number of nitrogens with zero attached hydrogens (tertiary/aromatic N) is 2. The van der Waals surface area contributed by atoms with Gasteiger partial charge in [-0.3, -0.25) is 0 Å². The molecule has 0 atom stereocenters. The number of rotatable bonds is 1. The Morgan fingerprint density at radius 2 is 1.82 bits per heavy atom. The summed E-state index contributed by atoms with van der Waals surface area (Å²) in [7, 11) is 1.60. The highest BCUT2D eigenvalue weighted by molar-refractivity contribution is 5.57. The van der Waals surface area contributed by atoms with E-state index in [1.54, 1.807) is 38.2 Å². The molecule has 5 heteroatoms. The Bertz CT molecular complexity index is 541. The minimum Gasteiger partial charge on any atom is -0.232 e. The van der Waals surface area contributed by atoms with Crippen molar-refractivity contribution in [3.63, 3.8) is 0 Å². The SMILES string of the molecule is Cc1ccccc1-c1n(C(F)(F)F)cc[n+]1C. The summed E-state index contributed by atoms with van der Waals surface area (Å²) in [6, 6.07) is 7.02. The molecule has 1 aromatic carbocycles. The third kappa shape index (κ3) is 2.05. The predicted molar refractivity (Wildman–Crippen MR) is 57.1 cm³/mol. The number of imidazole rings is 1. The molecular weight excluding hydrogens is 229 g/mol. The van der Waals surface area contributed by atoms with E-state index < -0.39 is 6.30 Å². The van der Waals surface area contributed by atoms with Crippen molar-refractivity contribution in [3.8, 4) is 11.4 Å². The van der Waals surface area contributed by atoms with Crippen molar-refractivity contribution in [2.45, 2.75) is 13.2 Å². The fourth-order valence-corrected chi connectivity index (χ4v) is 1.83. The number of hydrogen-bond donors (Lipinski definition) is 0. The van der Waals surface area contributed by atoms with E-state index in [0.29, 0.717) is 10.1 Å². The van der Waals surface area contributed by atoms with E-state index in [-0.39, 0.29) is 5.82 Å². The van der Waals surface area contributed by atoms with Crippen molar-refractivity contribution in [2.75, 3.05) is 0 Å². The molecule has 0 fully saturated rings. The summed E-state index contributed by atoms with van der Waals surface area (Å²) in [6.07, 6.45) is -1.98. The van der Waals surface area contributed by atoms with Crippen molar-refractivity contribution >= 4 is 0 Å². The van der Waals surface area contributed by atoms with Gasteiger partial charge < -0.3 is 0 Å². The van der Waals surface area contributed by atoms with Gasteiger partial charge in [0, 0.05) is 0 Å². The summed E-state index contributed by atoms with van der Waals surface area (Å²) in [5.41, 5.74) is 1.39. The lowest BCUT2D eigenvalue weighted by Gasteiger charge is -2.07. The van der Waals surface area contributed by atoms with Gasteiger partial charge in [-0.2, -0.15) is 0 Å². The number of aromatic nitrogens is 2. The molecule has 1 heterocycles. The summed E-state index contributed by atoms with van der Waals surface area (Å²) in [6.45, 7) is 1.79. The van der Waals surface area contributed by atoms with E-state index in [2.05, 4.69) is 0 Å². The fourth-order valence-electron chi connectivity index (χ4n) is 1.83. The van der Waals surface area contributed by atoms with Gasteiger partial charge in [0.1, 0.15) is 12.4 Å². The van der Waals surface area contributed by atoms with Crippen LogP contribution >= 0.6 is 0 Å². The number of alkyl halides is 3. The Morgan fingerprint density at radius 1 is 1.18 bits per heavy atom. The lowest BCUT2D eigenvalue weighted by Crippen LogP contribution is -2.31. The molecule has 0 amide bonds. The van der Waals surface area contributed by atoms with Crippen molar-refractivity contribution in [2.24, 2.45) is 7.05 Å². The molecule has 0 radical (unpaired) electrons. The van der Waals surface area contributed by atoms with Crippen LogP contribution in [0.3, 0.4) is 0 Å². The monoisotopic (exact) mass is 241 g/mol. The van der Waals surface area contributed by atoms with Crippen LogP contribution in [0.1, 0.15) is 5.56 Å². The summed E-state index contributed by atoms with van der Waals surface area (Å²) in [5, 5.41) is 0. The number of halogens is 3. The van der Waals surface area contributed by atoms with Gasteiger partial charge in [0.25, 0.3) is 5.82 Å². The molecule has 0 aliphatic carbocycles. The zero-order valence-electron chi connectivity index (χ0n) is 9.49. The topological polar surface area (TPSA) is 8.81 Å². The molecule has 17 heavy (non-hydrogen) atoms. The summed E-state index contributed by atoms with van der Waals surface area (Å²) >= 11 is 0. The molecule has 0 spiro atoms. The van der Waals surface area contributed by atoms with Crippen LogP contribution in [0.25, 0.3) is 11.4 Å². The van der Waals surface area contributed by atoms with E-state index in [1.807, 2.05) is 0 Å². The summed E-state index contributed by atoms with van der Waals surface area (Å²) in [4.78, 5) is 0. The van der Waals surface area contributed by atoms with Crippen molar-refractivity contribution in [1.29, 1.82) is 0 Å². The van der Waals surface area contributed by atoms with Gasteiger partial charge >= 0.3 is 6.30 Å². The van der Waals surface area contributed by atoms with E-state index in [9.17, 15) is 13.2 Å². The quantitative estimate of drug-likeness (QED) is 0.679. The number of aryl methyl sites for hydroxylation is 2. The zero-order valence-corrected chi connectivity index (χ0v) is 9.49. The molecule has 0 saturated heterocycles. The van der Waals surface area contributed by atoms with E-state index >= 15 is 0 Å². The summed E-state index contributed by atoms with van der Waals surface area (Å²) in [5.74, 6) is 0.135. The molecule has 0 N–H and O–H groups in total. The standard InChI is InChI=1S/C12H12F3N2/c1-9-5-3-4-6-10(9)11-16(2)7-8-17(11)12(13,14)15/h3-8H,1-2H3/q+1. The first-order valence-electron chi connectivity index (χ1n) is 5.11. The van der Waals surface area contributed by atoms with Crippen LogP contribution < -0.4 is 4.57 Å². The van der Waals surface area contributed by atoms with E-state index in [0.717, 1.165) is 11.8 Å².